The zero-order chi connectivity index (χ0) is 15.2. The lowest BCUT2D eigenvalue weighted by atomic mass is 10.3. The SMILES string of the molecule is O=C1CCCN1CCCNC(=S)Nc1ccc(Br)cc1Cl. The molecule has 2 rings (SSSR count). The monoisotopic (exact) mass is 389 g/mol. The molecule has 1 fully saturated rings. The first-order valence-electron chi connectivity index (χ1n) is 6.84. The van der Waals surface area contributed by atoms with Gasteiger partial charge in [0.25, 0.3) is 0 Å². The normalized spacial score (nSPS) is 14.4. The van der Waals surface area contributed by atoms with Crippen LogP contribution in [0.3, 0.4) is 0 Å². The van der Waals surface area contributed by atoms with E-state index < -0.39 is 0 Å². The number of carbonyl (C=O) groups excluding carboxylic acids is 1. The van der Waals surface area contributed by atoms with Crippen LogP contribution in [-0.4, -0.2) is 35.6 Å². The van der Waals surface area contributed by atoms with Crippen LogP contribution < -0.4 is 10.6 Å². The zero-order valence-electron chi connectivity index (χ0n) is 11.5. The van der Waals surface area contributed by atoms with Gasteiger partial charge in [0.1, 0.15) is 0 Å². The molecule has 114 valence electrons. The number of nitrogens with zero attached hydrogens (tertiary/aromatic N) is 1. The van der Waals surface area contributed by atoms with Crippen LogP contribution in [0.25, 0.3) is 0 Å². The Kier molecular flexibility index (Phi) is 6.26. The molecule has 1 aliphatic rings. The van der Waals surface area contributed by atoms with E-state index in [9.17, 15) is 4.79 Å². The van der Waals surface area contributed by atoms with Crippen molar-refractivity contribution >= 4 is 56.5 Å². The van der Waals surface area contributed by atoms with Gasteiger partial charge in [0.2, 0.25) is 5.91 Å². The third-order valence-electron chi connectivity index (χ3n) is 3.24. The van der Waals surface area contributed by atoms with Crippen molar-refractivity contribution in [3.8, 4) is 0 Å². The van der Waals surface area contributed by atoms with E-state index in [1.165, 1.54) is 0 Å². The Bertz CT molecular complexity index is 541. The molecule has 0 unspecified atom stereocenters. The molecule has 1 aromatic carbocycles. The van der Waals surface area contributed by atoms with Gasteiger partial charge < -0.3 is 15.5 Å². The second-order valence-corrected chi connectivity index (χ2v) is 6.57. The van der Waals surface area contributed by atoms with Gasteiger partial charge in [-0.2, -0.15) is 0 Å². The highest BCUT2D eigenvalue weighted by atomic mass is 79.9. The van der Waals surface area contributed by atoms with Gasteiger partial charge in [-0.05, 0) is 43.3 Å². The molecule has 0 aliphatic carbocycles. The molecule has 0 aromatic heterocycles. The largest absolute Gasteiger partial charge is 0.362 e. The lowest BCUT2D eigenvalue weighted by Gasteiger charge is -2.16. The second-order valence-electron chi connectivity index (χ2n) is 4.84. The maximum Gasteiger partial charge on any atom is 0.222 e. The number of hydrogen-bond acceptors (Lipinski definition) is 2. The van der Waals surface area contributed by atoms with Crippen LogP contribution in [0.4, 0.5) is 5.69 Å². The average Bonchev–Trinajstić information content (AvgIpc) is 2.84. The smallest absolute Gasteiger partial charge is 0.222 e. The summed E-state index contributed by atoms with van der Waals surface area (Å²) in [6.07, 6.45) is 2.55. The van der Waals surface area contributed by atoms with E-state index in [4.69, 9.17) is 23.8 Å². The molecule has 1 aromatic rings. The number of likely N-dealkylation sites (tertiary alicyclic amines) is 1. The summed E-state index contributed by atoms with van der Waals surface area (Å²) in [7, 11) is 0. The van der Waals surface area contributed by atoms with Crippen molar-refractivity contribution < 1.29 is 4.79 Å². The number of rotatable bonds is 5. The van der Waals surface area contributed by atoms with Crippen LogP contribution in [0.1, 0.15) is 19.3 Å². The Morgan fingerprint density at radius 3 is 2.95 bits per heavy atom. The average molecular weight is 391 g/mol. The van der Waals surface area contributed by atoms with E-state index in [2.05, 4.69) is 26.6 Å². The van der Waals surface area contributed by atoms with Crippen molar-refractivity contribution in [2.24, 2.45) is 0 Å². The standard InChI is InChI=1S/C14H17BrClN3OS/c15-10-4-5-12(11(16)9-10)18-14(21)17-6-2-8-19-7-1-3-13(19)20/h4-5,9H,1-3,6-8H2,(H2,17,18,21). The minimum absolute atomic E-state index is 0.261. The van der Waals surface area contributed by atoms with Crippen LogP contribution in [0.15, 0.2) is 22.7 Å². The van der Waals surface area contributed by atoms with Gasteiger partial charge in [-0.3, -0.25) is 4.79 Å². The van der Waals surface area contributed by atoms with E-state index in [0.29, 0.717) is 16.6 Å². The second kappa shape index (κ2) is 7.96. The zero-order valence-corrected chi connectivity index (χ0v) is 14.7. The molecule has 1 saturated heterocycles. The summed E-state index contributed by atoms with van der Waals surface area (Å²) in [5, 5.41) is 7.33. The number of halogens is 2. The predicted octanol–water partition coefficient (Wildman–Crippen LogP) is 3.40. The molecule has 0 radical (unpaired) electrons. The summed E-state index contributed by atoms with van der Waals surface area (Å²) in [6, 6.07) is 5.57. The van der Waals surface area contributed by atoms with E-state index >= 15 is 0 Å². The topological polar surface area (TPSA) is 44.4 Å². The third-order valence-corrected chi connectivity index (χ3v) is 4.29. The number of amides is 1. The molecule has 4 nitrogen and oxygen atoms in total. The van der Waals surface area contributed by atoms with E-state index in [1.807, 2.05) is 23.1 Å². The van der Waals surface area contributed by atoms with Gasteiger partial charge in [-0.1, -0.05) is 27.5 Å². The summed E-state index contributed by atoms with van der Waals surface area (Å²) < 4.78 is 0.923. The molecule has 21 heavy (non-hydrogen) atoms. The first-order valence-corrected chi connectivity index (χ1v) is 8.42. The molecule has 1 heterocycles. The summed E-state index contributed by atoms with van der Waals surface area (Å²) in [5.74, 6) is 0.261. The number of benzene rings is 1. The number of thiocarbonyl (C=S) groups is 1. The van der Waals surface area contributed by atoms with Crippen LogP contribution >= 0.6 is 39.7 Å². The van der Waals surface area contributed by atoms with Crippen molar-refractivity contribution in [2.45, 2.75) is 19.3 Å². The highest BCUT2D eigenvalue weighted by molar-refractivity contribution is 9.10. The lowest BCUT2D eigenvalue weighted by Crippen LogP contribution is -2.32. The summed E-state index contributed by atoms with van der Waals surface area (Å²) in [6.45, 7) is 2.40. The van der Waals surface area contributed by atoms with Gasteiger partial charge in [0, 0.05) is 30.5 Å². The van der Waals surface area contributed by atoms with Crippen molar-refractivity contribution in [2.75, 3.05) is 25.0 Å². The van der Waals surface area contributed by atoms with Crippen molar-refractivity contribution in [3.05, 3.63) is 27.7 Å². The van der Waals surface area contributed by atoms with Gasteiger partial charge >= 0.3 is 0 Å². The maximum absolute atomic E-state index is 11.5. The molecule has 2 N–H and O–H groups in total. The molecule has 0 saturated carbocycles. The summed E-state index contributed by atoms with van der Waals surface area (Å²) in [4.78, 5) is 13.4. The fourth-order valence-corrected chi connectivity index (χ4v) is 3.10. The predicted molar refractivity (Wildman–Crippen MR) is 93.8 cm³/mol. The van der Waals surface area contributed by atoms with Gasteiger partial charge in [0.05, 0.1) is 10.7 Å². The first kappa shape index (κ1) is 16.5. The maximum atomic E-state index is 11.5. The molecule has 1 aliphatic heterocycles. The van der Waals surface area contributed by atoms with E-state index in [1.54, 1.807) is 0 Å². The Labute approximate surface area is 143 Å². The van der Waals surface area contributed by atoms with Crippen molar-refractivity contribution in [3.63, 3.8) is 0 Å². The number of carbonyl (C=O) groups is 1. The molecule has 7 heteroatoms. The number of hydrogen-bond donors (Lipinski definition) is 2. The minimum atomic E-state index is 0.261. The molecular weight excluding hydrogens is 374 g/mol. The Hall–Kier alpha value is -0.850. The highest BCUT2D eigenvalue weighted by Crippen LogP contribution is 2.25. The Balaban J connectivity index is 1.68. The van der Waals surface area contributed by atoms with Gasteiger partial charge in [-0.25, -0.2) is 0 Å². The number of anilines is 1. The molecule has 0 spiro atoms. The molecule has 0 bridgehead atoms. The van der Waals surface area contributed by atoms with Crippen LogP contribution in [0, 0.1) is 0 Å². The molecular formula is C14H17BrClN3OS. The third kappa shape index (κ3) is 5.13. The van der Waals surface area contributed by atoms with E-state index in [-0.39, 0.29) is 5.91 Å². The van der Waals surface area contributed by atoms with Gasteiger partial charge in [-0.15, -0.1) is 0 Å². The van der Waals surface area contributed by atoms with Crippen molar-refractivity contribution in [1.29, 1.82) is 0 Å². The fourth-order valence-electron chi connectivity index (χ4n) is 2.17. The number of nitrogens with one attached hydrogen (secondary N) is 2. The Morgan fingerprint density at radius 1 is 1.48 bits per heavy atom. The van der Waals surface area contributed by atoms with E-state index in [0.717, 1.165) is 42.6 Å². The first-order chi connectivity index (χ1) is 10.1. The summed E-state index contributed by atoms with van der Waals surface area (Å²) >= 11 is 14.7. The molecule has 0 atom stereocenters. The van der Waals surface area contributed by atoms with Crippen molar-refractivity contribution in [1.82, 2.24) is 10.2 Å². The quantitative estimate of drug-likeness (QED) is 0.597. The van der Waals surface area contributed by atoms with Gasteiger partial charge in [0.15, 0.2) is 5.11 Å². The lowest BCUT2D eigenvalue weighted by molar-refractivity contribution is -0.127. The summed E-state index contributed by atoms with van der Waals surface area (Å²) in [5.41, 5.74) is 0.770. The minimum Gasteiger partial charge on any atom is -0.362 e. The Morgan fingerprint density at radius 2 is 2.29 bits per heavy atom. The van der Waals surface area contributed by atoms with Crippen LogP contribution in [0.5, 0.6) is 0 Å². The molecule has 1 amide bonds. The fraction of sp³-hybridized carbons (Fsp3) is 0.429. The van der Waals surface area contributed by atoms with Crippen LogP contribution in [0.2, 0.25) is 5.02 Å². The highest BCUT2D eigenvalue weighted by Gasteiger charge is 2.18. The van der Waals surface area contributed by atoms with Crippen LogP contribution in [-0.2, 0) is 4.79 Å².